The molecule has 3 N–H and O–H groups in total. The van der Waals surface area contributed by atoms with Gasteiger partial charge in [0.25, 0.3) is 0 Å². The van der Waals surface area contributed by atoms with Gasteiger partial charge in [-0.1, -0.05) is 29.8 Å². The van der Waals surface area contributed by atoms with Gasteiger partial charge in [0.1, 0.15) is 11.6 Å². The summed E-state index contributed by atoms with van der Waals surface area (Å²) in [5.74, 6) is -0.298. The molecule has 0 radical (unpaired) electrons. The molecule has 2 aliphatic carbocycles. The van der Waals surface area contributed by atoms with Gasteiger partial charge >= 0.3 is 0 Å². The summed E-state index contributed by atoms with van der Waals surface area (Å²) in [6.07, 6.45) is 2.28. The second-order valence-corrected chi connectivity index (χ2v) is 6.12. The normalized spacial score (nSPS) is 33.7. The van der Waals surface area contributed by atoms with Crippen molar-refractivity contribution < 1.29 is 9.90 Å². The second-order valence-electron chi connectivity index (χ2n) is 5.71. The predicted octanol–water partition coefficient (Wildman–Crippen LogP) is 2.00. The summed E-state index contributed by atoms with van der Waals surface area (Å²) in [6, 6.07) is 7.16. The van der Waals surface area contributed by atoms with Gasteiger partial charge in [-0.2, -0.15) is 0 Å². The van der Waals surface area contributed by atoms with Crippen LogP contribution in [0.5, 0.6) is 0 Å². The molecule has 18 heavy (non-hydrogen) atoms. The molecule has 0 saturated heterocycles. The molecule has 0 heterocycles. The van der Waals surface area contributed by atoms with Gasteiger partial charge in [0.2, 0.25) is 0 Å². The summed E-state index contributed by atoms with van der Waals surface area (Å²) >= 11 is 6.16. The predicted molar refractivity (Wildman–Crippen MR) is 69.2 cm³/mol. The topological polar surface area (TPSA) is 63.3 Å². The highest BCUT2D eigenvalue weighted by atomic mass is 35.5. The molecule has 0 unspecified atom stereocenters. The van der Waals surface area contributed by atoms with Crippen LogP contribution in [0.4, 0.5) is 0 Å². The Kier molecular flexibility index (Phi) is 2.56. The summed E-state index contributed by atoms with van der Waals surface area (Å²) in [5, 5.41) is 10.5. The molecule has 3 nitrogen and oxygen atoms in total. The zero-order chi connectivity index (χ0) is 13.0. The van der Waals surface area contributed by atoms with Crippen LogP contribution in [0.2, 0.25) is 5.02 Å². The number of Topliss-reactive ketones (excluding diaryl/α,β-unsaturated/α-hetero) is 1. The van der Waals surface area contributed by atoms with Gasteiger partial charge in [-0.3, -0.25) is 4.79 Å². The molecular formula is C14H16ClNO2. The van der Waals surface area contributed by atoms with Gasteiger partial charge in [0, 0.05) is 5.02 Å². The Morgan fingerprint density at radius 3 is 2.61 bits per heavy atom. The molecule has 2 saturated carbocycles. The number of benzene rings is 1. The lowest BCUT2D eigenvalue weighted by Gasteiger charge is -2.40. The average molecular weight is 266 g/mol. The standard InChI is InChI=1S/C14H16ClNO2/c15-10-4-2-1-3-9(10)14(16)8-13(5-6-13)7-11(17)12(14)18/h1-4,11,17H,5-8,16H2/t11-,14-/m1/s1. The van der Waals surface area contributed by atoms with E-state index in [1.165, 1.54) is 0 Å². The van der Waals surface area contributed by atoms with Crippen molar-refractivity contribution in [3.8, 4) is 0 Å². The first-order valence-electron chi connectivity index (χ1n) is 6.23. The van der Waals surface area contributed by atoms with E-state index in [1.807, 2.05) is 12.1 Å². The molecule has 2 aliphatic rings. The molecule has 0 amide bonds. The van der Waals surface area contributed by atoms with Crippen molar-refractivity contribution in [2.24, 2.45) is 11.1 Å². The van der Waals surface area contributed by atoms with Crippen LogP contribution >= 0.6 is 11.6 Å². The zero-order valence-electron chi connectivity index (χ0n) is 10.0. The van der Waals surface area contributed by atoms with Gasteiger partial charge in [-0.25, -0.2) is 0 Å². The summed E-state index contributed by atoms with van der Waals surface area (Å²) in [7, 11) is 0. The number of hydrogen-bond donors (Lipinski definition) is 2. The summed E-state index contributed by atoms with van der Waals surface area (Å²) in [5.41, 5.74) is 5.90. The molecular weight excluding hydrogens is 250 g/mol. The van der Waals surface area contributed by atoms with Gasteiger partial charge in [0.15, 0.2) is 5.78 Å². The van der Waals surface area contributed by atoms with Crippen molar-refractivity contribution in [3.63, 3.8) is 0 Å². The highest BCUT2D eigenvalue weighted by Gasteiger charge is 2.58. The number of carbonyl (C=O) groups is 1. The first-order chi connectivity index (χ1) is 8.47. The van der Waals surface area contributed by atoms with E-state index >= 15 is 0 Å². The third-order valence-corrected chi connectivity index (χ3v) is 4.66. The Balaban J connectivity index is 2.06. The first kappa shape index (κ1) is 12.2. The van der Waals surface area contributed by atoms with E-state index in [1.54, 1.807) is 12.1 Å². The molecule has 1 aromatic rings. The molecule has 4 heteroatoms. The Labute approximate surface area is 111 Å². The number of carbonyl (C=O) groups excluding carboxylic acids is 1. The maximum absolute atomic E-state index is 12.3. The van der Waals surface area contributed by atoms with Crippen LogP contribution in [0.1, 0.15) is 31.2 Å². The maximum atomic E-state index is 12.3. The summed E-state index contributed by atoms with van der Waals surface area (Å²) in [6.45, 7) is 0. The number of nitrogens with two attached hydrogens (primary N) is 1. The number of rotatable bonds is 1. The lowest BCUT2D eigenvalue weighted by molar-refractivity contribution is -0.139. The molecule has 1 aromatic carbocycles. The SMILES string of the molecule is N[C@@]1(c2ccccc2Cl)CC2(CC2)C[C@@H](O)C1=O. The molecule has 0 aromatic heterocycles. The van der Waals surface area contributed by atoms with Crippen molar-refractivity contribution in [1.29, 1.82) is 0 Å². The Morgan fingerprint density at radius 1 is 1.33 bits per heavy atom. The zero-order valence-corrected chi connectivity index (χ0v) is 10.8. The number of halogens is 1. The Morgan fingerprint density at radius 2 is 2.00 bits per heavy atom. The number of aliphatic hydroxyl groups excluding tert-OH is 1. The molecule has 1 spiro atoms. The van der Waals surface area contributed by atoms with Crippen LogP contribution in [0.3, 0.4) is 0 Å². The second kappa shape index (κ2) is 3.80. The van der Waals surface area contributed by atoms with Crippen LogP contribution in [-0.4, -0.2) is 17.0 Å². The summed E-state index contributed by atoms with van der Waals surface area (Å²) < 4.78 is 0. The first-order valence-corrected chi connectivity index (χ1v) is 6.61. The van der Waals surface area contributed by atoms with E-state index in [0.29, 0.717) is 23.4 Å². The fourth-order valence-electron chi connectivity index (χ4n) is 3.16. The minimum absolute atomic E-state index is 0.0568. The van der Waals surface area contributed by atoms with E-state index in [2.05, 4.69) is 0 Å². The molecule has 2 atom stereocenters. The molecule has 0 aliphatic heterocycles. The van der Waals surface area contributed by atoms with Crippen molar-refractivity contribution >= 4 is 17.4 Å². The molecule has 0 bridgehead atoms. The van der Waals surface area contributed by atoms with Crippen LogP contribution < -0.4 is 5.73 Å². The molecule has 3 rings (SSSR count). The fraction of sp³-hybridized carbons (Fsp3) is 0.500. The van der Waals surface area contributed by atoms with E-state index in [-0.39, 0.29) is 11.2 Å². The van der Waals surface area contributed by atoms with Crippen molar-refractivity contribution in [2.75, 3.05) is 0 Å². The van der Waals surface area contributed by atoms with Gasteiger partial charge < -0.3 is 10.8 Å². The fourth-order valence-corrected chi connectivity index (χ4v) is 3.46. The lowest BCUT2D eigenvalue weighted by Crippen LogP contribution is -2.55. The van der Waals surface area contributed by atoms with Crippen LogP contribution in [0.25, 0.3) is 0 Å². The minimum Gasteiger partial charge on any atom is -0.385 e. The Bertz CT molecular complexity index is 512. The van der Waals surface area contributed by atoms with Crippen LogP contribution in [0, 0.1) is 5.41 Å². The summed E-state index contributed by atoms with van der Waals surface area (Å²) in [4.78, 5) is 12.3. The van der Waals surface area contributed by atoms with E-state index in [0.717, 1.165) is 12.8 Å². The van der Waals surface area contributed by atoms with Gasteiger partial charge in [-0.15, -0.1) is 0 Å². The largest absolute Gasteiger partial charge is 0.385 e. The van der Waals surface area contributed by atoms with E-state index in [4.69, 9.17) is 17.3 Å². The van der Waals surface area contributed by atoms with E-state index < -0.39 is 11.6 Å². The average Bonchev–Trinajstić information content (AvgIpc) is 3.06. The Hall–Kier alpha value is -0.900. The number of aliphatic hydroxyl groups is 1. The highest BCUT2D eigenvalue weighted by Crippen LogP contribution is 2.59. The highest BCUT2D eigenvalue weighted by molar-refractivity contribution is 6.31. The number of hydrogen-bond acceptors (Lipinski definition) is 3. The van der Waals surface area contributed by atoms with Gasteiger partial charge in [0.05, 0.1) is 0 Å². The molecule has 96 valence electrons. The lowest BCUT2D eigenvalue weighted by atomic mass is 9.68. The quantitative estimate of drug-likeness (QED) is 0.816. The third kappa shape index (κ3) is 1.69. The van der Waals surface area contributed by atoms with Crippen LogP contribution in [-0.2, 0) is 10.3 Å². The maximum Gasteiger partial charge on any atom is 0.185 e. The monoisotopic (exact) mass is 265 g/mol. The minimum atomic E-state index is -1.13. The van der Waals surface area contributed by atoms with Crippen LogP contribution in [0.15, 0.2) is 24.3 Å². The smallest absolute Gasteiger partial charge is 0.185 e. The number of ketones is 1. The van der Waals surface area contributed by atoms with Crippen molar-refractivity contribution in [2.45, 2.75) is 37.3 Å². The van der Waals surface area contributed by atoms with Crippen molar-refractivity contribution in [1.82, 2.24) is 0 Å². The molecule has 2 fully saturated rings. The third-order valence-electron chi connectivity index (χ3n) is 4.33. The van der Waals surface area contributed by atoms with Crippen molar-refractivity contribution in [3.05, 3.63) is 34.9 Å². The van der Waals surface area contributed by atoms with Gasteiger partial charge in [-0.05, 0) is 42.7 Å². The van der Waals surface area contributed by atoms with E-state index in [9.17, 15) is 9.90 Å².